The Morgan fingerprint density at radius 1 is 0.417 bits per heavy atom. The Bertz CT molecular complexity index is 3160. The largest absolute Gasteiger partial charge is 0.624 e. The number of H-pyrrole nitrogens is 3. The third-order valence-electron chi connectivity index (χ3n) is 9.42. The first-order valence-electron chi connectivity index (χ1n) is 16.5. The van der Waals surface area contributed by atoms with Crippen LogP contribution in [0.15, 0.2) is 30.3 Å². The van der Waals surface area contributed by atoms with Crippen LogP contribution in [0.2, 0.25) is 0 Å². The standard InChI is InChI=1S/C39H14F15N5O/c1-59(60)9-10-8-17-11-2-3-12(55-11)18(21-24(40)30(46)36(52)31(47)25(21)41)13-4-5-14(56-13)19(22-26(42)32(48)37(53)33(49)27(22)43)15-6-7-16(57-15)20(39(10)58-17)23-28(44)34(50)38(54)35(51)29(23)45/h2-9,56-58H,1H3/b17-11?,18-12?,18-13?,19-14?,19-15?,20-16?,39-20?,59-9-. The van der Waals surface area contributed by atoms with Crippen molar-refractivity contribution < 1.29 is 70.6 Å². The number of fused-ring (bicyclic) bond motifs is 9. The molecule has 7 aromatic rings. The molecule has 4 aromatic heterocycles. The molecule has 5 heterocycles. The SMILES string of the molecule is C/[N+]([O-])=C/c1cc2[nH]c1c(-c1c(F)c(F)c(F)c(F)c1F)c1ccc([nH]1)c(-c1c(F)c(F)c(F)c(F)c1F)c1ccc([nH]1)c(-c1c(F)c(F)c(F)c(F)c1F)c1nc2C=C1. The molecule has 0 atom stereocenters. The zero-order chi connectivity index (χ0) is 43.4. The molecule has 0 aliphatic carbocycles. The Hall–Kier alpha value is -7.19. The molecule has 0 amide bonds. The van der Waals surface area contributed by atoms with E-state index in [1.165, 1.54) is 0 Å². The zero-order valence-electron chi connectivity index (χ0n) is 29.1. The third kappa shape index (κ3) is 5.77. The van der Waals surface area contributed by atoms with E-state index in [9.17, 15) is 44.7 Å². The summed E-state index contributed by atoms with van der Waals surface area (Å²) < 4.78 is 226. The van der Waals surface area contributed by atoms with Gasteiger partial charge in [-0.1, -0.05) is 0 Å². The van der Waals surface area contributed by atoms with Gasteiger partial charge in [-0.15, -0.1) is 0 Å². The van der Waals surface area contributed by atoms with Gasteiger partial charge in [0.05, 0.1) is 44.7 Å². The number of hydrogen-bond donors (Lipinski definition) is 3. The van der Waals surface area contributed by atoms with Gasteiger partial charge in [0.2, 0.25) is 17.5 Å². The van der Waals surface area contributed by atoms with Crippen molar-refractivity contribution in [2.24, 2.45) is 0 Å². The van der Waals surface area contributed by atoms with Crippen LogP contribution in [0.5, 0.6) is 0 Å². The van der Waals surface area contributed by atoms with Crippen molar-refractivity contribution in [2.45, 2.75) is 0 Å². The topological polar surface area (TPSA) is 86.3 Å². The van der Waals surface area contributed by atoms with Crippen molar-refractivity contribution in [3.63, 3.8) is 0 Å². The Kier molecular flexibility index (Phi) is 9.23. The lowest BCUT2D eigenvalue weighted by Gasteiger charge is -2.11. The summed E-state index contributed by atoms with van der Waals surface area (Å²) in [5.74, 6) is -37.2. The second-order valence-electron chi connectivity index (χ2n) is 12.9. The van der Waals surface area contributed by atoms with Gasteiger partial charge < -0.3 is 20.2 Å². The maximum Gasteiger partial charge on any atom is 0.200 e. The molecule has 60 heavy (non-hydrogen) atoms. The predicted octanol–water partition coefficient (Wildman–Crippen LogP) is 11.3. The molecule has 0 saturated heterocycles. The maximum absolute atomic E-state index is 15.8. The number of nitrogens with zero attached hydrogens (tertiary/aromatic N) is 2. The number of aromatic amines is 3. The number of hydrogen-bond acceptors (Lipinski definition) is 2. The second kappa shape index (κ2) is 14.0. The number of halogens is 15. The smallest absolute Gasteiger partial charge is 0.200 e. The summed E-state index contributed by atoms with van der Waals surface area (Å²) in [5, 5.41) is 12.4. The van der Waals surface area contributed by atoms with Gasteiger partial charge in [-0.3, -0.25) is 0 Å². The Morgan fingerprint density at radius 2 is 0.750 bits per heavy atom. The molecule has 0 saturated carbocycles. The lowest BCUT2D eigenvalue weighted by Crippen LogP contribution is -2.05. The van der Waals surface area contributed by atoms with Gasteiger partial charge in [0.15, 0.2) is 76.0 Å². The van der Waals surface area contributed by atoms with E-state index in [0.717, 1.165) is 55.7 Å². The van der Waals surface area contributed by atoms with Crippen molar-refractivity contribution in [2.75, 3.05) is 7.05 Å². The van der Waals surface area contributed by atoms with E-state index < -0.39 is 159 Å². The van der Waals surface area contributed by atoms with Crippen LogP contribution in [0.1, 0.15) is 17.0 Å². The van der Waals surface area contributed by atoms with Crippen LogP contribution >= 0.6 is 0 Å². The zero-order valence-corrected chi connectivity index (χ0v) is 29.1. The summed E-state index contributed by atoms with van der Waals surface area (Å²) in [6, 6.07) is 4.31. The van der Waals surface area contributed by atoms with Crippen LogP contribution in [0, 0.1) is 92.5 Å². The molecule has 21 heteroatoms. The van der Waals surface area contributed by atoms with Gasteiger partial charge in [0, 0.05) is 38.8 Å². The van der Waals surface area contributed by atoms with Gasteiger partial charge in [-0.25, -0.2) is 75.6 Å². The highest BCUT2D eigenvalue weighted by atomic mass is 19.2. The molecule has 1 aliphatic heterocycles. The Labute approximate surface area is 322 Å². The van der Waals surface area contributed by atoms with Crippen LogP contribution in [-0.4, -0.2) is 37.9 Å². The third-order valence-corrected chi connectivity index (χ3v) is 9.42. The van der Waals surface area contributed by atoms with Crippen LogP contribution in [-0.2, 0) is 0 Å². The van der Waals surface area contributed by atoms with Gasteiger partial charge in [0.1, 0.15) is 7.05 Å². The first-order chi connectivity index (χ1) is 28.3. The molecule has 3 aromatic carbocycles. The van der Waals surface area contributed by atoms with E-state index in [1.54, 1.807) is 0 Å². The lowest BCUT2D eigenvalue weighted by molar-refractivity contribution is -0.416. The van der Waals surface area contributed by atoms with Crippen molar-refractivity contribution in [1.29, 1.82) is 0 Å². The molecular weight excluding hydrogens is 839 g/mol. The summed E-state index contributed by atoms with van der Waals surface area (Å²) in [4.78, 5) is 11.6. The molecule has 8 rings (SSSR count). The number of hydroxylamine groups is 1. The van der Waals surface area contributed by atoms with E-state index in [-0.39, 0.29) is 15.9 Å². The average molecular weight is 854 g/mol. The second-order valence-corrected chi connectivity index (χ2v) is 12.9. The van der Waals surface area contributed by atoms with Crippen LogP contribution < -0.4 is 0 Å². The molecule has 8 bridgehead atoms. The number of aromatic nitrogens is 4. The number of nitrogens with one attached hydrogen (secondary N) is 3. The fourth-order valence-corrected chi connectivity index (χ4v) is 6.82. The van der Waals surface area contributed by atoms with Crippen molar-refractivity contribution in [1.82, 2.24) is 19.9 Å². The minimum atomic E-state index is -2.62. The van der Waals surface area contributed by atoms with Crippen molar-refractivity contribution >= 4 is 51.5 Å². The Morgan fingerprint density at radius 3 is 1.17 bits per heavy atom. The van der Waals surface area contributed by atoms with Gasteiger partial charge in [-0.2, -0.15) is 0 Å². The van der Waals surface area contributed by atoms with E-state index in [2.05, 4.69) is 19.9 Å². The molecular formula is C39H14F15N5O. The first-order valence-corrected chi connectivity index (χ1v) is 16.5. The van der Waals surface area contributed by atoms with Gasteiger partial charge >= 0.3 is 0 Å². The highest BCUT2D eigenvalue weighted by Crippen LogP contribution is 2.42. The fourth-order valence-electron chi connectivity index (χ4n) is 6.82. The summed E-state index contributed by atoms with van der Waals surface area (Å²) in [5.41, 5.74) is -13.1. The molecule has 6 nitrogen and oxygen atoms in total. The number of benzene rings is 3. The minimum absolute atomic E-state index is 0.126. The highest BCUT2D eigenvalue weighted by molar-refractivity contribution is 6.05. The van der Waals surface area contributed by atoms with Gasteiger partial charge in [0.25, 0.3) is 0 Å². The van der Waals surface area contributed by atoms with E-state index >= 15 is 26.3 Å². The summed E-state index contributed by atoms with van der Waals surface area (Å²) in [6.45, 7) is 0. The summed E-state index contributed by atoms with van der Waals surface area (Å²) in [6.07, 6.45) is 2.75. The molecule has 3 N–H and O–H groups in total. The highest BCUT2D eigenvalue weighted by Gasteiger charge is 2.33. The molecule has 306 valence electrons. The van der Waals surface area contributed by atoms with Crippen molar-refractivity contribution in [3.8, 4) is 33.4 Å². The molecule has 1 aliphatic rings. The molecule has 0 fully saturated rings. The maximum atomic E-state index is 15.8. The summed E-state index contributed by atoms with van der Waals surface area (Å²) in [7, 11) is 0.910. The van der Waals surface area contributed by atoms with Crippen LogP contribution in [0.3, 0.4) is 0 Å². The Balaban J connectivity index is 1.70. The number of rotatable bonds is 4. The van der Waals surface area contributed by atoms with E-state index in [0.29, 0.717) is 0 Å². The monoisotopic (exact) mass is 853 g/mol. The van der Waals surface area contributed by atoms with Crippen molar-refractivity contribution in [3.05, 3.63) is 140 Å². The quantitative estimate of drug-likeness (QED) is 0.0313. The van der Waals surface area contributed by atoms with Gasteiger partial charge in [-0.05, 0) is 42.5 Å². The lowest BCUT2D eigenvalue weighted by atomic mass is 10.0. The fraction of sp³-hybridized carbons (Fsp3) is 0.0256. The van der Waals surface area contributed by atoms with Crippen LogP contribution in [0.25, 0.3) is 78.6 Å². The predicted molar refractivity (Wildman–Crippen MR) is 186 cm³/mol. The van der Waals surface area contributed by atoms with E-state index in [4.69, 9.17) is 0 Å². The molecule has 0 spiro atoms. The molecule has 0 unspecified atom stereocenters. The summed E-state index contributed by atoms with van der Waals surface area (Å²) >= 11 is 0. The molecule has 0 radical (unpaired) electrons. The van der Waals surface area contributed by atoms with Crippen LogP contribution in [0.4, 0.5) is 65.9 Å². The minimum Gasteiger partial charge on any atom is -0.624 e. The first kappa shape index (κ1) is 39.6. The normalized spacial score (nSPS) is 12.4. The average Bonchev–Trinajstić information content (AvgIpc) is 4.06. The van der Waals surface area contributed by atoms with E-state index in [1.807, 2.05) is 0 Å².